The van der Waals surface area contributed by atoms with Crippen molar-refractivity contribution >= 4 is 17.3 Å². The van der Waals surface area contributed by atoms with Crippen LogP contribution in [0.2, 0.25) is 5.02 Å². The molecule has 0 aliphatic heterocycles. The zero-order valence-electron chi connectivity index (χ0n) is 11.7. The van der Waals surface area contributed by atoms with Crippen molar-refractivity contribution in [3.63, 3.8) is 0 Å². The molecule has 0 unspecified atom stereocenters. The minimum Gasteiger partial charge on any atom is -0.495 e. The first-order chi connectivity index (χ1) is 9.21. The van der Waals surface area contributed by atoms with Crippen LogP contribution in [0.25, 0.3) is 0 Å². The Labute approximate surface area is 120 Å². The average Bonchev–Trinajstić information content (AvgIpc) is 2.41. The van der Waals surface area contributed by atoms with Gasteiger partial charge < -0.3 is 19.5 Å². The fourth-order valence-corrected chi connectivity index (χ4v) is 1.89. The lowest BCUT2D eigenvalue weighted by atomic mass is 10.3. The van der Waals surface area contributed by atoms with Crippen LogP contribution < -0.4 is 10.1 Å². The highest BCUT2D eigenvalue weighted by Crippen LogP contribution is 2.27. The molecule has 0 amide bonds. The molecular formula is C14H22ClNO3. The van der Waals surface area contributed by atoms with Crippen LogP contribution in [-0.2, 0) is 9.47 Å². The third-order valence-corrected chi connectivity index (χ3v) is 2.88. The van der Waals surface area contributed by atoms with E-state index in [1.54, 1.807) is 7.11 Å². The molecule has 0 aliphatic carbocycles. The largest absolute Gasteiger partial charge is 0.495 e. The molecule has 0 atom stereocenters. The summed E-state index contributed by atoms with van der Waals surface area (Å²) in [7, 11) is 1.60. The molecule has 0 heterocycles. The number of rotatable bonds is 9. The van der Waals surface area contributed by atoms with Gasteiger partial charge in [0.2, 0.25) is 0 Å². The van der Waals surface area contributed by atoms with Crippen LogP contribution in [0, 0.1) is 0 Å². The highest BCUT2D eigenvalue weighted by molar-refractivity contribution is 6.32. The fraction of sp³-hybridized carbons (Fsp3) is 0.571. The summed E-state index contributed by atoms with van der Waals surface area (Å²) in [5, 5.41) is 3.90. The molecule has 1 aromatic rings. The summed E-state index contributed by atoms with van der Waals surface area (Å²) in [6.07, 6.45) is 0.629. The highest BCUT2D eigenvalue weighted by Gasteiger charge is 2.07. The van der Waals surface area contributed by atoms with E-state index in [0.29, 0.717) is 24.0 Å². The van der Waals surface area contributed by atoms with E-state index in [2.05, 4.69) is 5.32 Å². The number of ether oxygens (including phenoxy) is 3. The first-order valence-electron chi connectivity index (χ1n) is 6.51. The monoisotopic (exact) mass is 287 g/mol. The summed E-state index contributed by atoms with van der Waals surface area (Å²) in [5.74, 6) is 0.665. The van der Waals surface area contributed by atoms with Crippen LogP contribution in [0.15, 0.2) is 18.2 Å². The van der Waals surface area contributed by atoms with Crippen LogP contribution in [0.1, 0.15) is 20.3 Å². The molecule has 0 aliphatic rings. The standard InChI is InChI=1S/C14H22ClNO3/c1-4-18-14(19-5-2)8-9-16-11-6-7-12(15)13(10-11)17-3/h6-7,10,14,16H,4-5,8-9H2,1-3H3. The lowest BCUT2D eigenvalue weighted by molar-refractivity contribution is -0.137. The minimum absolute atomic E-state index is 0.156. The van der Waals surface area contributed by atoms with E-state index in [0.717, 1.165) is 18.7 Å². The van der Waals surface area contributed by atoms with Gasteiger partial charge in [-0.3, -0.25) is 0 Å². The Morgan fingerprint density at radius 1 is 1.21 bits per heavy atom. The van der Waals surface area contributed by atoms with Gasteiger partial charge in [-0.2, -0.15) is 0 Å². The lowest BCUT2D eigenvalue weighted by Crippen LogP contribution is -2.21. The van der Waals surface area contributed by atoms with Gasteiger partial charge in [0.05, 0.1) is 12.1 Å². The summed E-state index contributed by atoms with van der Waals surface area (Å²) in [5.41, 5.74) is 0.966. The molecule has 0 fully saturated rings. The number of methoxy groups -OCH3 is 1. The predicted molar refractivity (Wildman–Crippen MR) is 78.2 cm³/mol. The second kappa shape index (κ2) is 9.02. The smallest absolute Gasteiger partial charge is 0.159 e. The molecule has 0 bridgehead atoms. The van der Waals surface area contributed by atoms with E-state index in [4.69, 9.17) is 25.8 Å². The highest BCUT2D eigenvalue weighted by atomic mass is 35.5. The van der Waals surface area contributed by atoms with Gasteiger partial charge in [-0.05, 0) is 26.0 Å². The van der Waals surface area contributed by atoms with E-state index in [9.17, 15) is 0 Å². The Hall–Kier alpha value is -0.970. The van der Waals surface area contributed by atoms with Crippen LogP contribution in [-0.4, -0.2) is 33.2 Å². The van der Waals surface area contributed by atoms with Crippen molar-refractivity contribution in [2.45, 2.75) is 26.6 Å². The van der Waals surface area contributed by atoms with Crippen molar-refractivity contribution < 1.29 is 14.2 Å². The number of hydrogen-bond acceptors (Lipinski definition) is 4. The molecule has 0 spiro atoms. The minimum atomic E-state index is -0.156. The molecule has 0 saturated carbocycles. The number of anilines is 1. The van der Waals surface area contributed by atoms with Crippen LogP contribution >= 0.6 is 11.6 Å². The number of nitrogens with one attached hydrogen (secondary N) is 1. The summed E-state index contributed by atoms with van der Waals surface area (Å²) < 4.78 is 16.1. The Kier molecular flexibility index (Phi) is 7.63. The van der Waals surface area contributed by atoms with Crippen molar-refractivity contribution in [3.8, 4) is 5.75 Å². The SMILES string of the molecule is CCOC(CCNc1ccc(Cl)c(OC)c1)OCC. The normalized spacial score (nSPS) is 10.8. The van der Waals surface area contributed by atoms with Crippen molar-refractivity contribution in [1.29, 1.82) is 0 Å². The number of benzene rings is 1. The second-order valence-electron chi connectivity index (χ2n) is 3.91. The van der Waals surface area contributed by atoms with Crippen LogP contribution in [0.4, 0.5) is 5.69 Å². The lowest BCUT2D eigenvalue weighted by Gasteiger charge is -2.17. The van der Waals surface area contributed by atoms with Gasteiger partial charge in [0.15, 0.2) is 6.29 Å². The summed E-state index contributed by atoms with van der Waals surface area (Å²) in [6.45, 7) is 5.99. The molecule has 19 heavy (non-hydrogen) atoms. The summed E-state index contributed by atoms with van der Waals surface area (Å²) in [6, 6.07) is 5.60. The molecule has 0 aromatic heterocycles. The topological polar surface area (TPSA) is 39.7 Å². The molecule has 0 radical (unpaired) electrons. The van der Waals surface area contributed by atoms with E-state index in [-0.39, 0.29) is 6.29 Å². The fourth-order valence-electron chi connectivity index (χ4n) is 1.69. The van der Waals surface area contributed by atoms with E-state index in [1.807, 2.05) is 32.0 Å². The van der Waals surface area contributed by atoms with Gasteiger partial charge in [0.25, 0.3) is 0 Å². The van der Waals surface area contributed by atoms with Gasteiger partial charge in [-0.1, -0.05) is 11.6 Å². The number of halogens is 1. The first-order valence-corrected chi connectivity index (χ1v) is 6.89. The van der Waals surface area contributed by atoms with Crippen LogP contribution in [0.3, 0.4) is 0 Å². The van der Waals surface area contributed by atoms with E-state index >= 15 is 0 Å². The van der Waals surface area contributed by atoms with Gasteiger partial charge in [-0.15, -0.1) is 0 Å². The van der Waals surface area contributed by atoms with Gasteiger partial charge in [0.1, 0.15) is 5.75 Å². The van der Waals surface area contributed by atoms with E-state index in [1.165, 1.54) is 0 Å². The molecule has 4 nitrogen and oxygen atoms in total. The van der Waals surface area contributed by atoms with Crippen molar-refractivity contribution in [3.05, 3.63) is 23.2 Å². The average molecular weight is 288 g/mol. The van der Waals surface area contributed by atoms with Crippen molar-refractivity contribution in [2.75, 3.05) is 32.2 Å². The molecule has 1 rings (SSSR count). The molecule has 5 heteroatoms. The quantitative estimate of drug-likeness (QED) is 0.705. The summed E-state index contributed by atoms with van der Waals surface area (Å²) >= 11 is 5.97. The maximum atomic E-state index is 5.97. The Morgan fingerprint density at radius 3 is 2.47 bits per heavy atom. The summed E-state index contributed by atoms with van der Waals surface area (Å²) in [4.78, 5) is 0. The molecule has 0 saturated heterocycles. The zero-order valence-corrected chi connectivity index (χ0v) is 12.5. The molecule has 1 N–H and O–H groups in total. The second-order valence-corrected chi connectivity index (χ2v) is 4.31. The number of hydrogen-bond donors (Lipinski definition) is 1. The maximum absolute atomic E-state index is 5.97. The van der Waals surface area contributed by atoms with Crippen molar-refractivity contribution in [2.24, 2.45) is 0 Å². The molecule has 1 aromatic carbocycles. The predicted octanol–water partition coefficient (Wildman–Crippen LogP) is 3.55. The van der Waals surface area contributed by atoms with E-state index < -0.39 is 0 Å². The zero-order chi connectivity index (χ0) is 14.1. The van der Waals surface area contributed by atoms with Gasteiger partial charge >= 0.3 is 0 Å². The van der Waals surface area contributed by atoms with Gasteiger partial charge in [-0.25, -0.2) is 0 Å². The Morgan fingerprint density at radius 2 is 1.89 bits per heavy atom. The van der Waals surface area contributed by atoms with Crippen molar-refractivity contribution in [1.82, 2.24) is 0 Å². The third-order valence-electron chi connectivity index (χ3n) is 2.57. The molecule has 108 valence electrons. The maximum Gasteiger partial charge on any atom is 0.159 e. The third kappa shape index (κ3) is 5.68. The van der Waals surface area contributed by atoms with Gasteiger partial charge in [0, 0.05) is 37.9 Å². The molecular weight excluding hydrogens is 266 g/mol. The van der Waals surface area contributed by atoms with Crippen LogP contribution in [0.5, 0.6) is 5.75 Å². The Balaban J connectivity index is 2.43. The Bertz CT molecular complexity index is 368. The first kappa shape index (κ1) is 16.1.